The quantitative estimate of drug-likeness (QED) is 0.565. The predicted octanol–water partition coefficient (Wildman–Crippen LogP) is 2.40. The number of benzene rings is 1. The van der Waals surface area contributed by atoms with Crippen LogP contribution < -0.4 is 0 Å². The van der Waals surface area contributed by atoms with E-state index < -0.39 is 33.9 Å². The van der Waals surface area contributed by atoms with Crippen LogP contribution in [0.2, 0.25) is 0 Å². The zero-order valence-electron chi connectivity index (χ0n) is 6.94. The summed E-state index contributed by atoms with van der Waals surface area (Å²) in [6, 6.07) is 0. The van der Waals surface area contributed by atoms with Crippen molar-refractivity contribution in [3.05, 3.63) is 28.6 Å². The normalized spacial score (nSPS) is 10.4. The monoisotopic (exact) mass is 222 g/mol. The molecular formula is C8H5F3O2S. The van der Waals surface area contributed by atoms with Crippen LogP contribution in [-0.4, -0.2) is 11.1 Å². The Morgan fingerprint density at radius 2 is 1.71 bits per heavy atom. The summed E-state index contributed by atoms with van der Waals surface area (Å²) in [5.74, 6) is -6.34. The summed E-state index contributed by atoms with van der Waals surface area (Å²) in [5, 5.41) is 8.41. The summed E-state index contributed by atoms with van der Waals surface area (Å²) in [5.41, 5.74) is -1.62. The van der Waals surface area contributed by atoms with Crippen molar-refractivity contribution in [2.75, 3.05) is 0 Å². The Kier molecular flexibility index (Phi) is 2.75. The van der Waals surface area contributed by atoms with E-state index in [0.717, 1.165) is 6.92 Å². The number of thiol groups is 1. The first-order valence-electron chi connectivity index (χ1n) is 3.47. The van der Waals surface area contributed by atoms with Crippen molar-refractivity contribution in [1.29, 1.82) is 0 Å². The van der Waals surface area contributed by atoms with E-state index in [-0.39, 0.29) is 5.56 Å². The molecule has 0 heterocycles. The molecule has 1 N–H and O–H groups in total. The SMILES string of the molecule is Cc1c(F)c(C(=O)O)c(F)c(F)c1S. The van der Waals surface area contributed by atoms with Gasteiger partial charge in [-0.1, -0.05) is 0 Å². The lowest BCUT2D eigenvalue weighted by Gasteiger charge is -2.07. The molecule has 76 valence electrons. The van der Waals surface area contributed by atoms with Crippen LogP contribution in [0.5, 0.6) is 0 Å². The molecule has 1 aromatic carbocycles. The number of halogens is 3. The Hall–Kier alpha value is -1.17. The lowest BCUT2D eigenvalue weighted by Crippen LogP contribution is -2.09. The van der Waals surface area contributed by atoms with Gasteiger partial charge < -0.3 is 5.11 Å². The van der Waals surface area contributed by atoms with Crippen LogP contribution in [0, 0.1) is 24.4 Å². The number of hydrogen-bond acceptors (Lipinski definition) is 2. The van der Waals surface area contributed by atoms with Crippen LogP contribution >= 0.6 is 12.6 Å². The third-order valence-corrected chi connectivity index (χ3v) is 2.27. The van der Waals surface area contributed by atoms with Gasteiger partial charge in [0, 0.05) is 10.5 Å². The Morgan fingerprint density at radius 1 is 1.21 bits per heavy atom. The summed E-state index contributed by atoms with van der Waals surface area (Å²) < 4.78 is 38.9. The number of carbonyl (C=O) groups is 1. The van der Waals surface area contributed by atoms with Crippen molar-refractivity contribution < 1.29 is 23.1 Å². The van der Waals surface area contributed by atoms with Gasteiger partial charge in [-0.15, -0.1) is 12.6 Å². The Morgan fingerprint density at radius 3 is 2.14 bits per heavy atom. The first kappa shape index (κ1) is 10.9. The van der Waals surface area contributed by atoms with Crippen molar-refractivity contribution >= 4 is 18.6 Å². The first-order valence-corrected chi connectivity index (χ1v) is 3.92. The van der Waals surface area contributed by atoms with Crippen LogP contribution in [0.4, 0.5) is 13.2 Å². The molecule has 2 nitrogen and oxygen atoms in total. The van der Waals surface area contributed by atoms with Gasteiger partial charge in [0.05, 0.1) is 0 Å². The molecule has 1 rings (SSSR count). The second-order valence-corrected chi connectivity index (χ2v) is 3.04. The summed E-state index contributed by atoms with van der Waals surface area (Å²) in [6.07, 6.45) is 0. The van der Waals surface area contributed by atoms with E-state index in [2.05, 4.69) is 12.6 Å². The molecule has 0 aromatic heterocycles. The Bertz CT molecular complexity index is 389. The molecule has 0 amide bonds. The minimum atomic E-state index is -1.85. The number of hydrogen-bond donors (Lipinski definition) is 2. The molecule has 0 spiro atoms. The molecule has 0 aliphatic rings. The third kappa shape index (κ3) is 1.45. The number of rotatable bonds is 1. The van der Waals surface area contributed by atoms with Crippen molar-refractivity contribution in [3.63, 3.8) is 0 Å². The van der Waals surface area contributed by atoms with Gasteiger partial charge in [-0.05, 0) is 6.92 Å². The van der Waals surface area contributed by atoms with E-state index in [9.17, 15) is 18.0 Å². The molecule has 6 heteroatoms. The van der Waals surface area contributed by atoms with Crippen molar-refractivity contribution in [2.24, 2.45) is 0 Å². The highest BCUT2D eigenvalue weighted by Gasteiger charge is 2.25. The van der Waals surface area contributed by atoms with Gasteiger partial charge in [0.25, 0.3) is 0 Å². The van der Waals surface area contributed by atoms with Crippen LogP contribution in [0.3, 0.4) is 0 Å². The molecule has 0 bridgehead atoms. The molecule has 0 saturated carbocycles. The van der Waals surface area contributed by atoms with Crippen molar-refractivity contribution in [1.82, 2.24) is 0 Å². The van der Waals surface area contributed by atoms with Gasteiger partial charge in [-0.3, -0.25) is 0 Å². The lowest BCUT2D eigenvalue weighted by molar-refractivity contribution is 0.0684. The molecule has 0 atom stereocenters. The summed E-state index contributed by atoms with van der Waals surface area (Å²) in [6.45, 7) is 1.12. The van der Waals surface area contributed by atoms with Crippen LogP contribution in [0.25, 0.3) is 0 Å². The maximum absolute atomic E-state index is 13.1. The average Bonchev–Trinajstić information content (AvgIpc) is 2.11. The highest BCUT2D eigenvalue weighted by atomic mass is 32.1. The molecule has 14 heavy (non-hydrogen) atoms. The highest BCUT2D eigenvalue weighted by molar-refractivity contribution is 7.80. The van der Waals surface area contributed by atoms with E-state index >= 15 is 0 Å². The summed E-state index contributed by atoms with van der Waals surface area (Å²) in [4.78, 5) is 9.86. The van der Waals surface area contributed by atoms with E-state index in [1.54, 1.807) is 0 Å². The standard InChI is InChI=1S/C8H5F3O2S/c1-2-4(9)3(8(12)13)5(10)6(11)7(2)14/h14H,1H3,(H,12,13). The van der Waals surface area contributed by atoms with E-state index in [0.29, 0.717) is 0 Å². The van der Waals surface area contributed by atoms with Crippen LogP contribution in [-0.2, 0) is 0 Å². The van der Waals surface area contributed by atoms with E-state index in [1.165, 1.54) is 0 Å². The Labute approximate surface area is 82.8 Å². The minimum absolute atomic E-state index is 0.329. The molecule has 0 unspecified atom stereocenters. The van der Waals surface area contributed by atoms with E-state index in [4.69, 9.17) is 5.11 Å². The van der Waals surface area contributed by atoms with Crippen LogP contribution in [0.15, 0.2) is 4.90 Å². The molecule has 0 saturated heterocycles. The second kappa shape index (κ2) is 3.53. The fourth-order valence-corrected chi connectivity index (χ4v) is 1.15. The van der Waals surface area contributed by atoms with Crippen LogP contribution in [0.1, 0.15) is 15.9 Å². The number of carboxylic acid groups (broad SMARTS) is 1. The van der Waals surface area contributed by atoms with Crippen molar-refractivity contribution in [3.8, 4) is 0 Å². The first-order chi connectivity index (χ1) is 6.37. The maximum Gasteiger partial charge on any atom is 0.341 e. The lowest BCUT2D eigenvalue weighted by atomic mass is 10.1. The largest absolute Gasteiger partial charge is 0.477 e. The molecule has 0 radical (unpaired) electrons. The number of carboxylic acids is 1. The fraction of sp³-hybridized carbons (Fsp3) is 0.125. The highest BCUT2D eigenvalue weighted by Crippen LogP contribution is 2.26. The molecule has 0 aliphatic heterocycles. The minimum Gasteiger partial charge on any atom is -0.477 e. The Balaban J connectivity index is 3.68. The predicted molar refractivity (Wildman–Crippen MR) is 45.3 cm³/mol. The topological polar surface area (TPSA) is 37.3 Å². The molecule has 0 aliphatic carbocycles. The van der Waals surface area contributed by atoms with E-state index in [1.807, 2.05) is 0 Å². The summed E-state index contributed by atoms with van der Waals surface area (Å²) in [7, 11) is 0. The van der Waals surface area contributed by atoms with Gasteiger partial charge >= 0.3 is 5.97 Å². The van der Waals surface area contributed by atoms with Crippen molar-refractivity contribution in [2.45, 2.75) is 11.8 Å². The molecule has 0 fully saturated rings. The third-order valence-electron chi connectivity index (χ3n) is 1.74. The second-order valence-electron chi connectivity index (χ2n) is 2.60. The average molecular weight is 222 g/mol. The number of aromatic carboxylic acids is 1. The molecular weight excluding hydrogens is 217 g/mol. The maximum atomic E-state index is 13.1. The summed E-state index contributed by atoms with van der Waals surface area (Å²) >= 11 is 3.52. The zero-order chi connectivity index (χ0) is 11.0. The molecule has 1 aromatic rings. The zero-order valence-corrected chi connectivity index (χ0v) is 7.83. The van der Waals surface area contributed by atoms with Gasteiger partial charge in [-0.25, -0.2) is 18.0 Å². The van der Waals surface area contributed by atoms with Gasteiger partial charge in [0.2, 0.25) is 0 Å². The smallest absolute Gasteiger partial charge is 0.341 e. The fourth-order valence-electron chi connectivity index (χ4n) is 0.954. The van der Waals surface area contributed by atoms with Gasteiger partial charge in [-0.2, -0.15) is 0 Å². The van der Waals surface area contributed by atoms with Gasteiger partial charge in [0.1, 0.15) is 11.4 Å². The van der Waals surface area contributed by atoms with Gasteiger partial charge in [0.15, 0.2) is 11.6 Å².